The number of ether oxygens (including phenoxy) is 1. The number of carbonyl (C=O) groups is 2. The van der Waals surface area contributed by atoms with Crippen LogP contribution in [0.25, 0.3) is 10.2 Å². The van der Waals surface area contributed by atoms with Gasteiger partial charge in [-0.1, -0.05) is 30.3 Å². The lowest BCUT2D eigenvalue weighted by Gasteiger charge is -2.31. The van der Waals surface area contributed by atoms with Gasteiger partial charge in [0.25, 0.3) is 5.91 Å². The maximum absolute atomic E-state index is 13.4. The fourth-order valence-corrected chi connectivity index (χ4v) is 5.02. The number of thiophene rings is 1. The van der Waals surface area contributed by atoms with E-state index in [1.54, 1.807) is 11.3 Å². The molecule has 0 N–H and O–H groups in total. The van der Waals surface area contributed by atoms with Gasteiger partial charge in [0.15, 0.2) is 0 Å². The first-order valence-electron chi connectivity index (χ1n) is 10.2. The second-order valence-corrected chi connectivity index (χ2v) is 8.84. The highest BCUT2D eigenvalue weighted by Gasteiger charge is 2.31. The van der Waals surface area contributed by atoms with Crippen LogP contribution in [0.4, 0.5) is 0 Å². The van der Waals surface area contributed by atoms with Crippen LogP contribution in [0.5, 0.6) is 0 Å². The molecule has 0 aliphatic carbocycles. The SMILES string of the molecule is CCOC(=O)[C@@H]1CCCN(C(=O)c2cc3sc(C)cc3n2Cc2ccccc2)C1. The van der Waals surface area contributed by atoms with E-state index in [1.807, 2.05) is 36.1 Å². The van der Waals surface area contributed by atoms with E-state index < -0.39 is 0 Å². The number of fused-ring (bicyclic) bond motifs is 1. The van der Waals surface area contributed by atoms with Crippen LogP contribution in [-0.4, -0.2) is 41.0 Å². The molecule has 152 valence electrons. The van der Waals surface area contributed by atoms with E-state index in [2.05, 4.69) is 29.7 Å². The number of nitrogens with zero attached hydrogens (tertiary/aromatic N) is 2. The summed E-state index contributed by atoms with van der Waals surface area (Å²) in [5.74, 6) is -0.425. The molecule has 1 atom stereocenters. The molecule has 1 amide bonds. The number of rotatable bonds is 5. The topological polar surface area (TPSA) is 51.5 Å². The van der Waals surface area contributed by atoms with Crippen LogP contribution in [0.3, 0.4) is 0 Å². The molecule has 1 aliphatic heterocycles. The molecular weight excluding hydrogens is 384 g/mol. The quantitative estimate of drug-likeness (QED) is 0.583. The van der Waals surface area contributed by atoms with E-state index >= 15 is 0 Å². The molecule has 1 aliphatic rings. The number of benzene rings is 1. The summed E-state index contributed by atoms with van der Waals surface area (Å²) < 4.78 is 8.43. The number of likely N-dealkylation sites (tertiary alicyclic amines) is 1. The fourth-order valence-electron chi connectivity index (χ4n) is 4.05. The number of carbonyl (C=O) groups excluding carboxylic acids is 2. The molecule has 3 aromatic rings. The number of aromatic nitrogens is 1. The second kappa shape index (κ2) is 8.41. The molecule has 0 spiro atoms. The normalized spacial score (nSPS) is 16.9. The molecule has 1 aromatic carbocycles. The van der Waals surface area contributed by atoms with Crippen molar-refractivity contribution in [3.8, 4) is 0 Å². The molecule has 1 fully saturated rings. The molecule has 2 aromatic heterocycles. The van der Waals surface area contributed by atoms with Crippen molar-refractivity contribution in [2.24, 2.45) is 5.92 Å². The lowest BCUT2D eigenvalue weighted by Crippen LogP contribution is -2.43. The number of hydrogen-bond acceptors (Lipinski definition) is 4. The minimum absolute atomic E-state index is 0.00372. The minimum Gasteiger partial charge on any atom is -0.466 e. The summed E-state index contributed by atoms with van der Waals surface area (Å²) in [5, 5.41) is 0. The monoisotopic (exact) mass is 410 g/mol. The highest BCUT2D eigenvalue weighted by atomic mass is 32.1. The molecule has 4 rings (SSSR count). The van der Waals surface area contributed by atoms with Crippen LogP contribution in [0, 0.1) is 12.8 Å². The van der Waals surface area contributed by atoms with Crippen molar-refractivity contribution in [2.75, 3.05) is 19.7 Å². The van der Waals surface area contributed by atoms with Crippen molar-refractivity contribution in [3.63, 3.8) is 0 Å². The Bertz CT molecular complexity index is 1020. The molecule has 0 unspecified atom stereocenters. The van der Waals surface area contributed by atoms with E-state index in [-0.39, 0.29) is 17.8 Å². The van der Waals surface area contributed by atoms with Crippen LogP contribution < -0.4 is 0 Å². The second-order valence-electron chi connectivity index (χ2n) is 7.55. The van der Waals surface area contributed by atoms with E-state index in [1.165, 1.54) is 4.88 Å². The summed E-state index contributed by atoms with van der Waals surface area (Å²) in [5.41, 5.74) is 2.95. The Morgan fingerprint density at radius 2 is 2.00 bits per heavy atom. The van der Waals surface area contributed by atoms with Crippen LogP contribution in [-0.2, 0) is 16.1 Å². The summed E-state index contributed by atoms with van der Waals surface area (Å²) in [7, 11) is 0. The Morgan fingerprint density at radius 1 is 1.21 bits per heavy atom. The summed E-state index contributed by atoms with van der Waals surface area (Å²) in [4.78, 5) is 28.7. The fraction of sp³-hybridized carbons (Fsp3) is 0.391. The van der Waals surface area contributed by atoms with Gasteiger partial charge in [-0.15, -0.1) is 11.3 Å². The minimum atomic E-state index is -0.228. The molecule has 1 saturated heterocycles. The predicted molar refractivity (Wildman–Crippen MR) is 115 cm³/mol. The maximum Gasteiger partial charge on any atom is 0.310 e. The Hall–Kier alpha value is -2.60. The average Bonchev–Trinajstić information content (AvgIpc) is 3.25. The highest BCUT2D eigenvalue weighted by Crippen LogP contribution is 2.31. The van der Waals surface area contributed by atoms with Crippen LogP contribution in [0.2, 0.25) is 0 Å². The lowest BCUT2D eigenvalue weighted by atomic mass is 9.98. The van der Waals surface area contributed by atoms with Crippen molar-refractivity contribution >= 4 is 33.4 Å². The summed E-state index contributed by atoms with van der Waals surface area (Å²) in [6, 6.07) is 14.4. The van der Waals surface area contributed by atoms with Gasteiger partial charge in [0.1, 0.15) is 5.69 Å². The van der Waals surface area contributed by atoms with Gasteiger partial charge in [0.05, 0.1) is 22.7 Å². The van der Waals surface area contributed by atoms with E-state index in [9.17, 15) is 9.59 Å². The molecule has 0 bridgehead atoms. The molecule has 5 nitrogen and oxygen atoms in total. The van der Waals surface area contributed by atoms with Gasteiger partial charge >= 0.3 is 5.97 Å². The molecule has 29 heavy (non-hydrogen) atoms. The van der Waals surface area contributed by atoms with Gasteiger partial charge in [-0.2, -0.15) is 0 Å². The molecular formula is C23H26N2O3S. The maximum atomic E-state index is 13.4. The van der Waals surface area contributed by atoms with E-state index in [4.69, 9.17) is 4.74 Å². The smallest absolute Gasteiger partial charge is 0.310 e. The first kappa shape index (κ1) is 19.7. The zero-order valence-electron chi connectivity index (χ0n) is 16.9. The largest absolute Gasteiger partial charge is 0.466 e. The number of aryl methyl sites for hydroxylation is 1. The van der Waals surface area contributed by atoms with Gasteiger partial charge in [0, 0.05) is 24.5 Å². The third kappa shape index (κ3) is 4.08. The van der Waals surface area contributed by atoms with Crippen LogP contribution in [0.15, 0.2) is 42.5 Å². The lowest BCUT2D eigenvalue weighted by molar-refractivity contribution is -0.149. The number of esters is 1. The standard InChI is InChI=1S/C23H26N2O3S/c1-3-28-23(27)18-10-7-11-24(15-18)22(26)20-13-21-19(12-16(2)29-21)25(20)14-17-8-5-4-6-9-17/h4-6,8-9,12-13,18H,3,7,10-11,14-15H2,1-2H3/t18-/m1/s1. The summed E-state index contributed by atoms with van der Waals surface area (Å²) >= 11 is 1.71. The van der Waals surface area contributed by atoms with Crippen molar-refractivity contribution in [2.45, 2.75) is 33.2 Å². The third-order valence-corrected chi connectivity index (χ3v) is 6.43. The van der Waals surface area contributed by atoms with Gasteiger partial charge in [0.2, 0.25) is 0 Å². The molecule has 6 heteroatoms. The van der Waals surface area contributed by atoms with Gasteiger partial charge in [-0.05, 0) is 44.4 Å². The van der Waals surface area contributed by atoms with E-state index in [0.29, 0.717) is 31.9 Å². The Morgan fingerprint density at radius 3 is 2.76 bits per heavy atom. The first-order chi connectivity index (χ1) is 14.1. The van der Waals surface area contributed by atoms with Crippen LogP contribution in [0.1, 0.15) is 40.7 Å². The molecule has 0 radical (unpaired) electrons. The zero-order chi connectivity index (χ0) is 20.4. The number of piperidine rings is 1. The number of hydrogen-bond donors (Lipinski definition) is 0. The Balaban J connectivity index is 1.64. The third-order valence-electron chi connectivity index (χ3n) is 5.44. The molecule has 0 saturated carbocycles. The number of amides is 1. The van der Waals surface area contributed by atoms with E-state index in [0.717, 1.165) is 28.6 Å². The van der Waals surface area contributed by atoms with Gasteiger partial charge in [-0.3, -0.25) is 9.59 Å². The Labute approximate surface area is 174 Å². The molecule has 3 heterocycles. The highest BCUT2D eigenvalue weighted by molar-refractivity contribution is 7.19. The van der Waals surface area contributed by atoms with Gasteiger partial charge in [-0.25, -0.2) is 0 Å². The van der Waals surface area contributed by atoms with Crippen molar-refractivity contribution in [1.82, 2.24) is 9.47 Å². The van der Waals surface area contributed by atoms with Crippen molar-refractivity contribution in [3.05, 3.63) is 58.6 Å². The average molecular weight is 411 g/mol. The Kier molecular flexibility index (Phi) is 5.72. The first-order valence-corrected chi connectivity index (χ1v) is 11.0. The van der Waals surface area contributed by atoms with Gasteiger partial charge < -0.3 is 14.2 Å². The summed E-state index contributed by atoms with van der Waals surface area (Å²) in [6.07, 6.45) is 1.60. The predicted octanol–water partition coefficient (Wildman–Crippen LogP) is 4.47. The van der Waals surface area contributed by atoms with Crippen molar-refractivity contribution < 1.29 is 14.3 Å². The summed E-state index contributed by atoms with van der Waals surface area (Å²) in [6.45, 7) is 6.04. The van der Waals surface area contributed by atoms with Crippen molar-refractivity contribution in [1.29, 1.82) is 0 Å². The van der Waals surface area contributed by atoms with Crippen LogP contribution >= 0.6 is 11.3 Å². The zero-order valence-corrected chi connectivity index (χ0v) is 17.7.